The molecule has 0 spiro atoms. The maximum Gasteiger partial charge on any atom is 0.224 e. The van der Waals surface area contributed by atoms with Crippen LogP contribution in [0.2, 0.25) is 0 Å². The molecule has 3 rings (SSSR count). The number of carbonyl (C=O) groups excluding carboxylic acids is 1. The van der Waals surface area contributed by atoms with Crippen molar-refractivity contribution in [3.05, 3.63) is 0 Å². The van der Waals surface area contributed by atoms with Crippen molar-refractivity contribution in [1.82, 2.24) is 20.9 Å². The van der Waals surface area contributed by atoms with Crippen molar-refractivity contribution < 1.29 is 9.53 Å². The Labute approximate surface area is 188 Å². The van der Waals surface area contributed by atoms with Crippen molar-refractivity contribution in [3.8, 4) is 0 Å². The third-order valence-corrected chi connectivity index (χ3v) is 7.85. The first-order chi connectivity index (χ1) is 14.7. The van der Waals surface area contributed by atoms with Crippen LogP contribution in [0.3, 0.4) is 0 Å². The van der Waals surface area contributed by atoms with Gasteiger partial charge in [0.05, 0.1) is 18.2 Å². The molecule has 1 aliphatic carbocycles. The van der Waals surface area contributed by atoms with Crippen molar-refractivity contribution in [1.29, 1.82) is 0 Å². The van der Waals surface area contributed by atoms with E-state index in [4.69, 9.17) is 16.2 Å². The molecular formula is C23H46N6O2. The van der Waals surface area contributed by atoms with Crippen LogP contribution in [0, 0.1) is 29.6 Å². The minimum absolute atomic E-state index is 0.0107. The Kier molecular flexibility index (Phi) is 8.74. The molecule has 2 aliphatic heterocycles. The summed E-state index contributed by atoms with van der Waals surface area (Å²) >= 11 is 0. The number of nitrogens with one attached hydrogen (secondary N) is 3. The van der Waals surface area contributed by atoms with E-state index >= 15 is 0 Å². The standard InChI is InChI=1S/C23H46N6O2/c1-13(2)17-9-16(10-18(14(3)4)20(17)31-5)27-22-19(21(25)30)11-26-23(28-22)29-8-6-7-15(24)12-29/h13-20,22-23,26-28H,6-12,24H2,1-5H3,(H2,25,30)/t15-,16?,17?,18?,19?,20?,22?,23?/m0/s1. The average molecular weight is 439 g/mol. The molecule has 6 atom stereocenters. The summed E-state index contributed by atoms with van der Waals surface area (Å²) in [5.74, 6) is 1.53. The molecule has 1 amide bonds. The molecule has 8 nitrogen and oxygen atoms in total. The number of piperidine rings is 1. The number of hydrogen-bond acceptors (Lipinski definition) is 7. The number of carbonyl (C=O) groups is 1. The third kappa shape index (κ3) is 5.97. The molecular weight excluding hydrogens is 392 g/mol. The Balaban J connectivity index is 1.72. The van der Waals surface area contributed by atoms with Gasteiger partial charge < -0.3 is 16.2 Å². The maximum atomic E-state index is 12.2. The zero-order valence-corrected chi connectivity index (χ0v) is 20.1. The SMILES string of the molecule is COC1C(C(C)C)CC(NC2NC(N3CCC[C@H](N)C3)NCC2C(N)=O)CC1C(C)C. The highest BCUT2D eigenvalue weighted by molar-refractivity contribution is 5.77. The number of likely N-dealkylation sites (tertiary alicyclic amines) is 1. The lowest BCUT2D eigenvalue weighted by Gasteiger charge is -2.48. The largest absolute Gasteiger partial charge is 0.381 e. The summed E-state index contributed by atoms with van der Waals surface area (Å²) in [6, 6.07) is 0.536. The second-order valence-electron chi connectivity index (χ2n) is 10.7. The van der Waals surface area contributed by atoms with E-state index in [-0.39, 0.29) is 36.4 Å². The van der Waals surface area contributed by atoms with Crippen molar-refractivity contribution in [2.75, 3.05) is 26.7 Å². The van der Waals surface area contributed by atoms with Crippen molar-refractivity contribution in [2.24, 2.45) is 41.1 Å². The van der Waals surface area contributed by atoms with E-state index in [2.05, 4.69) is 48.5 Å². The first-order valence-electron chi connectivity index (χ1n) is 12.3. The Morgan fingerprint density at radius 2 is 1.81 bits per heavy atom. The molecule has 7 N–H and O–H groups in total. The number of hydrogen-bond donors (Lipinski definition) is 5. The predicted octanol–water partition coefficient (Wildman–Crippen LogP) is 0.625. The molecule has 0 aromatic rings. The van der Waals surface area contributed by atoms with Crippen LogP contribution in [0.1, 0.15) is 53.4 Å². The van der Waals surface area contributed by atoms with Gasteiger partial charge in [0, 0.05) is 38.8 Å². The fraction of sp³-hybridized carbons (Fsp3) is 0.957. The number of amides is 1. The molecule has 0 radical (unpaired) electrons. The first-order valence-corrected chi connectivity index (χ1v) is 12.3. The number of primary amides is 1. The van der Waals surface area contributed by atoms with Gasteiger partial charge in [-0.2, -0.15) is 0 Å². The van der Waals surface area contributed by atoms with Crippen LogP contribution in [0.15, 0.2) is 0 Å². The Hall–Kier alpha value is -0.770. The minimum Gasteiger partial charge on any atom is -0.381 e. The summed E-state index contributed by atoms with van der Waals surface area (Å²) in [7, 11) is 1.86. The van der Waals surface area contributed by atoms with Crippen LogP contribution in [0.5, 0.6) is 0 Å². The average Bonchev–Trinajstić information content (AvgIpc) is 2.72. The fourth-order valence-electron chi connectivity index (χ4n) is 6.02. The van der Waals surface area contributed by atoms with Gasteiger partial charge in [-0.15, -0.1) is 0 Å². The molecule has 3 fully saturated rings. The number of methoxy groups -OCH3 is 1. The van der Waals surface area contributed by atoms with E-state index in [1.165, 1.54) is 0 Å². The molecule has 2 heterocycles. The molecule has 8 heteroatoms. The number of nitrogens with zero attached hydrogens (tertiary/aromatic N) is 1. The molecule has 0 bridgehead atoms. The normalized spacial score (nSPS) is 40.4. The lowest BCUT2D eigenvalue weighted by Crippen LogP contribution is -2.72. The van der Waals surface area contributed by atoms with Crippen LogP contribution in [-0.4, -0.2) is 68.2 Å². The van der Waals surface area contributed by atoms with Crippen LogP contribution < -0.4 is 27.4 Å². The van der Waals surface area contributed by atoms with Gasteiger partial charge in [0.25, 0.3) is 0 Å². The summed E-state index contributed by atoms with van der Waals surface area (Å²) < 4.78 is 6.00. The summed E-state index contributed by atoms with van der Waals surface area (Å²) in [6.07, 6.45) is 4.43. The zero-order chi connectivity index (χ0) is 22.7. The Bertz CT molecular complexity index is 570. The summed E-state index contributed by atoms with van der Waals surface area (Å²) in [4.78, 5) is 14.6. The van der Waals surface area contributed by atoms with Crippen LogP contribution in [-0.2, 0) is 9.53 Å². The van der Waals surface area contributed by atoms with Crippen molar-refractivity contribution >= 4 is 5.91 Å². The van der Waals surface area contributed by atoms with E-state index in [1.807, 2.05) is 7.11 Å². The minimum atomic E-state index is -0.287. The highest BCUT2D eigenvalue weighted by Crippen LogP contribution is 2.39. The molecule has 31 heavy (non-hydrogen) atoms. The van der Waals surface area contributed by atoms with Gasteiger partial charge in [-0.25, -0.2) is 0 Å². The number of nitrogens with two attached hydrogens (primary N) is 2. The fourth-order valence-corrected chi connectivity index (χ4v) is 6.02. The van der Waals surface area contributed by atoms with E-state index in [9.17, 15) is 4.79 Å². The maximum absolute atomic E-state index is 12.2. The third-order valence-electron chi connectivity index (χ3n) is 7.85. The lowest BCUT2D eigenvalue weighted by atomic mass is 9.68. The smallest absolute Gasteiger partial charge is 0.224 e. The van der Waals surface area contributed by atoms with Crippen molar-refractivity contribution in [2.45, 2.75) is 84.0 Å². The topological polar surface area (TPSA) is 118 Å². The quantitative estimate of drug-likeness (QED) is 0.396. The summed E-state index contributed by atoms with van der Waals surface area (Å²) in [6.45, 7) is 11.6. The molecule has 3 aliphatic rings. The Morgan fingerprint density at radius 3 is 2.32 bits per heavy atom. The second-order valence-corrected chi connectivity index (χ2v) is 10.7. The van der Waals surface area contributed by atoms with Gasteiger partial charge >= 0.3 is 0 Å². The van der Waals surface area contributed by atoms with Gasteiger partial charge in [0.15, 0.2) is 0 Å². The second kappa shape index (κ2) is 10.9. The van der Waals surface area contributed by atoms with E-state index < -0.39 is 0 Å². The molecule has 2 saturated heterocycles. The van der Waals surface area contributed by atoms with Crippen molar-refractivity contribution in [3.63, 3.8) is 0 Å². The molecule has 0 aromatic carbocycles. The highest BCUT2D eigenvalue weighted by Gasteiger charge is 2.43. The monoisotopic (exact) mass is 438 g/mol. The predicted molar refractivity (Wildman–Crippen MR) is 124 cm³/mol. The summed E-state index contributed by atoms with van der Waals surface area (Å²) in [5.41, 5.74) is 12.0. The first kappa shape index (κ1) is 24.9. The number of rotatable bonds is 7. The van der Waals surface area contributed by atoms with Gasteiger partial charge in [-0.05, 0) is 49.4 Å². The van der Waals surface area contributed by atoms with Gasteiger partial charge in [-0.3, -0.25) is 25.6 Å². The Morgan fingerprint density at radius 1 is 1.16 bits per heavy atom. The highest BCUT2D eigenvalue weighted by atomic mass is 16.5. The van der Waals surface area contributed by atoms with E-state index in [0.717, 1.165) is 38.8 Å². The summed E-state index contributed by atoms with van der Waals surface area (Å²) in [5, 5.41) is 10.9. The van der Waals surface area contributed by atoms with Crippen LogP contribution >= 0.6 is 0 Å². The van der Waals surface area contributed by atoms with Crippen LogP contribution in [0.25, 0.3) is 0 Å². The molecule has 1 saturated carbocycles. The zero-order valence-electron chi connectivity index (χ0n) is 20.1. The van der Waals surface area contributed by atoms with Gasteiger partial charge in [-0.1, -0.05) is 27.7 Å². The van der Waals surface area contributed by atoms with Gasteiger partial charge in [0.2, 0.25) is 5.91 Å². The molecule has 5 unspecified atom stereocenters. The lowest BCUT2D eigenvalue weighted by molar-refractivity contribution is -0.125. The van der Waals surface area contributed by atoms with E-state index in [0.29, 0.717) is 36.3 Å². The van der Waals surface area contributed by atoms with E-state index in [1.54, 1.807) is 0 Å². The molecule has 0 aromatic heterocycles. The van der Waals surface area contributed by atoms with Crippen LogP contribution in [0.4, 0.5) is 0 Å². The molecule has 180 valence electrons. The number of ether oxygens (including phenoxy) is 1. The van der Waals surface area contributed by atoms with Gasteiger partial charge in [0.1, 0.15) is 6.29 Å².